The first kappa shape index (κ1) is 16.9. The van der Waals surface area contributed by atoms with E-state index in [2.05, 4.69) is 16.8 Å². The largest absolute Gasteiger partial charge is 0.497 e. The lowest BCUT2D eigenvalue weighted by atomic mass is 10.00. The standard InChI is InChI=1S/C18H22N2O3S/c1-12-6-8-20(9-7-12)18-19-17(21)16(24-18)10-13-4-5-14(22-2)11-15(13)23-3/h4-5,10-12H,6-9H2,1-3H3/b16-10-. The number of hydrogen-bond acceptors (Lipinski definition) is 5. The Morgan fingerprint density at radius 3 is 2.67 bits per heavy atom. The van der Waals surface area contributed by atoms with Crippen molar-refractivity contribution in [1.29, 1.82) is 0 Å². The van der Waals surface area contributed by atoms with Crippen LogP contribution in [-0.4, -0.2) is 43.3 Å². The second-order valence-electron chi connectivity index (χ2n) is 6.09. The summed E-state index contributed by atoms with van der Waals surface area (Å²) < 4.78 is 10.6. The van der Waals surface area contributed by atoms with E-state index in [1.54, 1.807) is 14.2 Å². The van der Waals surface area contributed by atoms with Crippen molar-refractivity contribution >= 4 is 28.9 Å². The summed E-state index contributed by atoms with van der Waals surface area (Å²) >= 11 is 1.45. The van der Waals surface area contributed by atoms with E-state index < -0.39 is 0 Å². The van der Waals surface area contributed by atoms with Crippen LogP contribution in [0.5, 0.6) is 11.5 Å². The lowest BCUT2D eigenvalue weighted by Crippen LogP contribution is -2.35. The fourth-order valence-corrected chi connectivity index (χ4v) is 3.77. The third-order valence-electron chi connectivity index (χ3n) is 4.39. The van der Waals surface area contributed by atoms with Crippen LogP contribution in [-0.2, 0) is 4.79 Å². The lowest BCUT2D eigenvalue weighted by molar-refractivity contribution is -0.113. The van der Waals surface area contributed by atoms with Crippen molar-refractivity contribution < 1.29 is 14.3 Å². The van der Waals surface area contributed by atoms with Gasteiger partial charge in [-0.05, 0) is 48.7 Å². The predicted molar refractivity (Wildman–Crippen MR) is 97.5 cm³/mol. The number of amides is 1. The summed E-state index contributed by atoms with van der Waals surface area (Å²) in [6.45, 7) is 4.21. The minimum Gasteiger partial charge on any atom is -0.497 e. The molecule has 1 amide bonds. The van der Waals surface area contributed by atoms with Gasteiger partial charge in [0.1, 0.15) is 11.5 Å². The van der Waals surface area contributed by atoms with Gasteiger partial charge in [-0.2, -0.15) is 4.99 Å². The fourth-order valence-electron chi connectivity index (χ4n) is 2.81. The average molecular weight is 346 g/mol. The number of carbonyl (C=O) groups excluding carboxylic acids is 1. The van der Waals surface area contributed by atoms with E-state index in [1.165, 1.54) is 11.8 Å². The van der Waals surface area contributed by atoms with Crippen molar-refractivity contribution in [3.8, 4) is 11.5 Å². The molecular weight excluding hydrogens is 324 g/mol. The number of methoxy groups -OCH3 is 2. The number of nitrogens with zero attached hydrogens (tertiary/aromatic N) is 2. The number of thioether (sulfide) groups is 1. The van der Waals surface area contributed by atoms with Crippen molar-refractivity contribution in [3.63, 3.8) is 0 Å². The summed E-state index contributed by atoms with van der Waals surface area (Å²) in [5, 5.41) is 0.825. The first-order valence-electron chi connectivity index (χ1n) is 8.10. The molecule has 0 aromatic heterocycles. The molecule has 2 aliphatic heterocycles. The first-order valence-corrected chi connectivity index (χ1v) is 8.92. The molecule has 0 bridgehead atoms. The molecule has 1 saturated heterocycles. The second-order valence-corrected chi connectivity index (χ2v) is 7.10. The summed E-state index contributed by atoms with van der Waals surface area (Å²) in [5.74, 6) is 1.98. The van der Waals surface area contributed by atoms with Gasteiger partial charge in [-0.3, -0.25) is 4.79 Å². The van der Waals surface area contributed by atoms with Gasteiger partial charge in [0.05, 0.1) is 19.1 Å². The van der Waals surface area contributed by atoms with Gasteiger partial charge in [0.25, 0.3) is 5.91 Å². The van der Waals surface area contributed by atoms with E-state index in [9.17, 15) is 4.79 Å². The van der Waals surface area contributed by atoms with Gasteiger partial charge in [0.15, 0.2) is 5.17 Å². The van der Waals surface area contributed by atoms with Crippen LogP contribution in [0, 0.1) is 5.92 Å². The molecule has 0 aliphatic carbocycles. The number of likely N-dealkylation sites (tertiary alicyclic amines) is 1. The second kappa shape index (κ2) is 7.30. The Balaban J connectivity index is 1.77. The van der Waals surface area contributed by atoms with Crippen LogP contribution in [0.4, 0.5) is 0 Å². The molecule has 0 unspecified atom stereocenters. The normalized spacial score (nSPS) is 20.5. The minimum atomic E-state index is -0.175. The molecule has 1 aromatic rings. The first-order chi connectivity index (χ1) is 11.6. The smallest absolute Gasteiger partial charge is 0.286 e. The Morgan fingerprint density at radius 2 is 2.00 bits per heavy atom. The summed E-state index contributed by atoms with van der Waals surface area (Å²) in [7, 11) is 3.22. The van der Waals surface area contributed by atoms with Crippen LogP contribution in [0.2, 0.25) is 0 Å². The molecule has 0 N–H and O–H groups in total. The number of rotatable bonds is 3. The van der Waals surface area contributed by atoms with Gasteiger partial charge in [-0.15, -0.1) is 0 Å². The van der Waals surface area contributed by atoms with E-state index in [4.69, 9.17) is 9.47 Å². The number of hydrogen-bond donors (Lipinski definition) is 0. The van der Waals surface area contributed by atoms with Gasteiger partial charge >= 0.3 is 0 Å². The molecule has 0 atom stereocenters. The monoisotopic (exact) mass is 346 g/mol. The zero-order valence-electron chi connectivity index (χ0n) is 14.2. The van der Waals surface area contributed by atoms with Crippen molar-refractivity contribution in [2.75, 3.05) is 27.3 Å². The van der Waals surface area contributed by atoms with E-state index in [0.717, 1.165) is 48.3 Å². The van der Waals surface area contributed by atoms with E-state index in [0.29, 0.717) is 10.7 Å². The molecule has 6 heteroatoms. The van der Waals surface area contributed by atoms with Crippen LogP contribution in [0.3, 0.4) is 0 Å². The summed E-state index contributed by atoms with van der Waals surface area (Å²) in [6, 6.07) is 5.55. The number of benzene rings is 1. The number of piperidine rings is 1. The van der Waals surface area contributed by atoms with Crippen molar-refractivity contribution in [1.82, 2.24) is 4.90 Å². The Labute approximate surface area is 146 Å². The molecule has 128 valence electrons. The zero-order valence-corrected chi connectivity index (χ0v) is 15.1. The maximum Gasteiger partial charge on any atom is 0.286 e. The molecule has 2 aliphatic rings. The van der Waals surface area contributed by atoms with Crippen LogP contribution >= 0.6 is 11.8 Å². The Hall–Kier alpha value is -1.95. The van der Waals surface area contributed by atoms with Crippen molar-refractivity contribution in [2.24, 2.45) is 10.9 Å². The molecule has 3 rings (SSSR count). The SMILES string of the molecule is COc1ccc(/C=C2\SC(N3CCC(C)CC3)=NC2=O)c(OC)c1. The number of carbonyl (C=O) groups is 1. The van der Waals surface area contributed by atoms with E-state index in [1.807, 2.05) is 24.3 Å². The Morgan fingerprint density at radius 1 is 1.25 bits per heavy atom. The third-order valence-corrected chi connectivity index (χ3v) is 5.44. The van der Waals surface area contributed by atoms with E-state index in [-0.39, 0.29) is 5.91 Å². The number of aliphatic imine (C=N–C) groups is 1. The lowest BCUT2D eigenvalue weighted by Gasteiger charge is -2.30. The van der Waals surface area contributed by atoms with Gasteiger partial charge in [-0.1, -0.05) is 6.92 Å². The van der Waals surface area contributed by atoms with Crippen molar-refractivity contribution in [3.05, 3.63) is 28.7 Å². The summed E-state index contributed by atoms with van der Waals surface area (Å²) in [5.41, 5.74) is 0.845. The topological polar surface area (TPSA) is 51.1 Å². The maximum atomic E-state index is 12.2. The molecule has 1 aromatic carbocycles. The Bertz CT molecular complexity index is 692. The predicted octanol–water partition coefficient (Wildman–Crippen LogP) is 3.41. The van der Waals surface area contributed by atoms with Gasteiger partial charge in [0.2, 0.25) is 0 Å². The molecule has 0 saturated carbocycles. The highest BCUT2D eigenvalue weighted by molar-refractivity contribution is 8.18. The van der Waals surface area contributed by atoms with Gasteiger partial charge in [-0.25, -0.2) is 0 Å². The van der Waals surface area contributed by atoms with Crippen LogP contribution in [0.25, 0.3) is 6.08 Å². The van der Waals surface area contributed by atoms with Gasteiger partial charge in [0, 0.05) is 24.7 Å². The quantitative estimate of drug-likeness (QED) is 0.785. The molecule has 0 spiro atoms. The molecule has 2 heterocycles. The van der Waals surface area contributed by atoms with Crippen LogP contribution < -0.4 is 9.47 Å². The highest BCUT2D eigenvalue weighted by Gasteiger charge is 2.28. The number of amidine groups is 1. The zero-order chi connectivity index (χ0) is 17.1. The summed E-state index contributed by atoms with van der Waals surface area (Å²) in [4.78, 5) is 19.3. The summed E-state index contributed by atoms with van der Waals surface area (Å²) in [6.07, 6.45) is 4.15. The molecule has 24 heavy (non-hydrogen) atoms. The highest BCUT2D eigenvalue weighted by Crippen LogP contribution is 2.34. The average Bonchev–Trinajstić information content (AvgIpc) is 2.96. The minimum absolute atomic E-state index is 0.175. The third kappa shape index (κ3) is 3.59. The highest BCUT2D eigenvalue weighted by atomic mass is 32.2. The van der Waals surface area contributed by atoms with Gasteiger partial charge < -0.3 is 14.4 Å². The van der Waals surface area contributed by atoms with E-state index >= 15 is 0 Å². The maximum absolute atomic E-state index is 12.2. The molecular formula is C18H22N2O3S. The molecule has 1 fully saturated rings. The Kier molecular flexibility index (Phi) is 5.14. The number of ether oxygens (including phenoxy) is 2. The van der Waals surface area contributed by atoms with Crippen LogP contribution in [0.15, 0.2) is 28.1 Å². The fraction of sp³-hybridized carbons (Fsp3) is 0.444. The van der Waals surface area contributed by atoms with Crippen LogP contribution in [0.1, 0.15) is 25.3 Å². The molecule has 0 radical (unpaired) electrons. The van der Waals surface area contributed by atoms with Crippen molar-refractivity contribution in [2.45, 2.75) is 19.8 Å². The molecule has 5 nitrogen and oxygen atoms in total.